The molecule has 3 unspecified atom stereocenters. The summed E-state index contributed by atoms with van der Waals surface area (Å²) in [4.78, 5) is 0. The molecule has 2 aromatic rings. The first kappa shape index (κ1) is 29.2. The fourth-order valence-corrected chi connectivity index (χ4v) is 10.2. The summed E-state index contributed by atoms with van der Waals surface area (Å²) in [6, 6.07) is 18.3. The van der Waals surface area contributed by atoms with Crippen LogP contribution in [0.1, 0.15) is 78.4 Å². The molecule has 0 spiro atoms. The first-order valence-electron chi connectivity index (χ1n) is 12.5. The van der Waals surface area contributed by atoms with Crippen molar-refractivity contribution in [2.75, 3.05) is 13.1 Å². The zero-order chi connectivity index (χ0) is 23.4. The van der Waals surface area contributed by atoms with Gasteiger partial charge in [0.2, 0.25) is 0 Å². The van der Waals surface area contributed by atoms with Gasteiger partial charge in [-0.3, -0.25) is 0 Å². The zero-order valence-electron chi connectivity index (χ0n) is 21.6. The Morgan fingerprint density at radius 3 is 1.73 bits per heavy atom. The second kappa shape index (κ2) is 12.3. The van der Waals surface area contributed by atoms with E-state index in [1.54, 1.807) is 11.1 Å². The molecule has 0 bridgehead atoms. The third-order valence-corrected chi connectivity index (χ3v) is 12.2. The summed E-state index contributed by atoms with van der Waals surface area (Å²) in [5.74, 6) is 0. The Hall–Kier alpha value is -0.000519. The maximum absolute atomic E-state index is 3.85. The molecule has 2 aromatic carbocycles. The van der Waals surface area contributed by atoms with E-state index in [4.69, 9.17) is 0 Å². The van der Waals surface area contributed by atoms with E-state index in [-0.39, 0.29) is 30.1 Å². The second-order valence-electron chi connectivity index (χ2n) is 11.6. The number of rotatable bonds is 5. The summed E-state index contributed by atoms with van der Waals surface area (Å²) >= 11 is 0. The van der Waals surface area contributed by atoms with Gasteiger partial charge < -0.3 is 41.0 Å². The first-order chi connectivity index (χ1) is 15.0. The SMILES string of the molecule is CC(C)(C)P(C[c-]1cccc1C(P)(C1CCCN1)C1CCCN1)C(C)(C)C.[Fe].[cH-]1[cH-][cH-][cH-][cH-]1. The summed E-state index contributed by atoms with van der Waals surface area (Å²) in [6.45, 7) is 17.0. The monoisotopic (exact) mass is 528 g/mol. The molecule has 5 heteroatoms. The average Bonchev–Trinajstić information content (AvgIpc) is 3.51. The van der Waals surface area contributed by atoms with Crippen LogP contribution in [-0.2, 0) is 28.4 Å². The van der Waals surface area contributed by atoms with E-state index in [2.05, 4.69) is 79.6 Å². The Kier molecular flexibility index (Phi) is 10.9. The van der Waals surface area contributed by atoms with Gasteiger partial charge in [0.15, 0.2) is 0 Å². The molecule has 2 N–H and O–H groups in total. The maximum atomic E-state index is 3.85. The van der Waals surface area contributed by atoms with E-state index in [0.29, 0.717) is 22.4 Å². The molecule has 0 aliphatic carbocycles. The Morgan fingerprint density at radius 1 is 0.909 bits per heavy atom. The van der Waals surface area contributed by atoms with Crippen LogP contribution < -0.4 is 10.6 Å². The van der Waals surface area contributed by atoms with Crippen molar-refractivity contribution in [2.24, 2.45) is 0 Å². The summed E-state index contributed by atoms with van der Waals surface area (Å²) in [5.41, 5.74) is 3.19. The Morgan fingerprint density at radius 2 is 1.36 bits per heavy atom. The van der Waals surface area contributed by atoms with Gasteiger partial charge in [0.25, 0.3) is 0 Å². The van der Waals surface area contributed by atoms with Gasteiger partial charge in [0.1, 0.15) is 0 Å². The van der Waals surface area contributed by atoms with Gasteiger partial charge in [0.05, 0.1) is 0 Å². The van der Waals surface area contributed by atoms with Gasteiger partial charge in [-0.15, -0.1) is 22.7 Å². The van der Waals surface area contributed by atoms with Gasteiger partial charge in [-0.1, -0.05) is 47.7 Å². The van der Waals surface area contributed by atoms with Crippen molar-refractivity contribution >= 4 is 17.2 Å². The predicted molar refractivity (Wildman–Crippen MR) is 148 cm³/mol. The third kappa shape index (κ3) is 7.26. The van der Waals surface area contributed by atoms with Crippen LogP contribution in [0.15, 0.2) is 48.5 Å². The van der Waals surface area contributed by atoms with Crippen LogP contribution in [0, 0.1) is 0 Å². The third-order valence-electron chi connectivity index (χ3n) is 7.15. The smallest absolute Gasteiger partial charge is 0.0194 e. The van der Waals surface area contributed by atoms with Crippen molar-refractivity contribution in [1.82, 2.24) is 10.6 Å². The van der Waals surface area contributed by atoms with Crippen LogP contribution in [0.5, 0.6) is 0 Å². The van der Waals surface area contributed by atoms with Gasteiger partial charge >= 0.3 is 0 Å². The molecule has 33 heavy (non-hydrogen) atoms. The molecule has 0 amide bonds. The molecular formula is C28H46FeN2P2-6. The van der Waals surface area contributed by atoms with Crippen LogP contribution in [-0.4, -0.2) is 35.5 Å². The van der Waals surface area contributed by atoms with E-state index in [1.165, 1.54) is 44.9 Å². The van der Waals surface area contributed by atoms with Crippen molar-refractivity contribution in [3.63, 3.8) is 0 Å². The average molecular weight is 528 g/mol. The van der Waals surface area contributed by atoms with Crippen molar-refractivity contribution < 1.29 is 17.1 Å². The zero-order valence-corrected chi connectivity index (χ0v) is 24.8. The van der Waals surface area contributed by atoms with E-state index >= 15 is 0 Å². The number of nitrogens with one attached hydrogen (secondary N) is 2. The standard InChI is InChI=1S/C23H41N2P2.C5H5.Fe/c1-21(2,3)27(22(4,5)6)16-17-10-7-11-18(17)23(26,19-12-8-14-24-19)20-13-9-15-25-20;1-2-4-5-3-1;/h7,10-11,19-20,24-25H,8-9,12-16,26H2,1-6H3;1-5H;/q-1;-5;. The van der Waals surface area contributed by atoms with E-state index in [9.17, 15) is 0 Å². The van der Waals surface area contributed by atoms with Gasteiger partial charge in [-0.05, 0) is 49.1 Å². The van der Waals surface area contributed by atoms with Crippen molar-refractivity contribution in [3.05, 3.63) is 59.7 Å². The van der Waals surface area contributed by atoms with Crippen LogP contribution >= 0.6 is 17.2 Å². The van der Waals surface area contributed by atoms with Crippen LogP contribution in [0.3, 0.4) is 0 Å². The fourth-order valence-electron chi connectivity index (χ4n) is 5.79. The summed E-state index contributed by atoms with van der Waals surface area (Å²) in [5, 5.41) is 8.54. The molecule has 2 heterocycles. The molecule has 0 aromatic heterocycles. The molecule has 2 aliphatic rings. The van der Waals surface area contributed by atoms with Crippen LogP contribution in [0.25, 0.3) is 0 Å². The molecule has 2 saturated heterocycles. The minimum Gasteiger partial charge on any atom is -0.748 e. The molecular weight excluding hydrogens is 482 g/mol. The van der Waals surface area contributed by atoms with Gasteiger partial charge in [0, 0.05) is 34.3 Å². The fraction of sp³-hybridized carbons (Fsp3) is 0.643. The molecule has 192 valence electrons. The molecule has 0 radical (unpaired) electrons. The predicted octanol–water partition coefficient (Wildman–Crippen LogP) is 6.96. The second-order valence-corrected chi connectivity index (χ2v) is 16.4. The summed E-state index contributed by atoms with van der Waals surface area (Å²) in [6.07, 6.45) is 6.43. The van der Waals surface area contributed by atoms with Crippen LogP contribution in [0.2, 0.25) is 0 Å². The Bertz CT molecular complexity index is 741. The minimum atomic E-state index is -0.131. The number of hydrogen-bond acceptors (Lipinski definition) is 2. The van der Waals surface area contributed by atoms with Crippen molar-refractivity contribution in [1.29, 1.82) is 0 Å². The molecule has 2 aliphatic heterocycles. The molecule has 4 rings (SSSR count). The van der Waals surface area contributed by atoms with E-state index in [0.717, 1.165) is 0 Å². The first-order valence-corrected chi connectivity index (χ1v) is 14.6. The number of hydrogen-bond donors (Lipinski definition) is 2. The van der Waals surface area contributed by atoms with Gasteiger partial charge in [-0.25, -0.2) is 12.1 Å². The van der Waals surface area contributed by atoms with Crippen molar-refractivity contribution in [3.8, 4) is 0 Å². The molecule has 3 atom stereocenters. The van der Waals surface area contributed by atoms with E-state index < -0.39 is 0 Å². The van der Waals surface area contributed by atoms with E-state index in [1.807, 2.05) is 30.3 Å². The van der Waals surface area contributed by atoms with Crippen molar-refractivity contribution in [2.45, 2.75) is 101 Å². The molecule has 2 nitrogen and oxygen atoms in total. The quantitative estimate of drug-likeness (QED) is 0.249. The Balaban J connectivity index is 0.000000568. The minimum absolute atomic E-state index is 0. The summed E-state index contributed by atoms with van der Waals surface area (Å²) < 4.78 is 0. The summed E-state index contributed by atoms with van der Waals surface area (Å²) in [7, 11) is 3.22. The topological polar surface area (TPSA) is 24.1 Å². The molecule has 2 fully saturated rings. The largest absolute Gasteiger partial charge is 0.748 e. The van der Waals surface area contributed by atoms with Crippen LogP contribution in [0.4, 0.5) is 0 Å². The molecule has 0 saturated carbocycles. The maximum Gasteiger partial charge on any atom is 0.0194 e. The Labute approximate surface area is 218 Å². The van der Waals surface area contributed by atoms with Gasteiger partial charge in [-0.2, -0.15) is 11.6 Å². The normalized spacial score (nSPS) is 23.0.